The van der Waals surface area contributed by atoms with Crippen LogP contribution in [0.25, 0.3) is 89.1 Å². The van der Waals surface area contributed by atoms with Gasteiger partial charge in [-0.1, -0.05) is 140 Å². The summed E-state index contributed by atoms with van der Waals surface area (Å²) < 4.78 is 6.44. The van der Waals surface area contributed by atoms with Crippen molar-refractivity contribution in [3.05, 3.63) is 164 Å². The number of rotatable bonds is 5. The van der Waals surface area contributed by atoms with Crippen LogP contribution in [0.3, 0.4) is 0 Å². The summed E-state index contributed by atoms with van der Waals surface area (Å²) in [7, 11) is 0. The van der Waals surface area contributed by atoms with Crippen LogP contribution in [0, 0.1) is 0 Å². The fourth-order valence-electron chi connectivity index (χ4n) is 6.50. The topological polar surface area (TPSA) is 51.8 Å². The Hall–Kier alpha value is -6.39. The number of benzene rings is 7. The molecular weight excluding hydrogens is 574 g/mol. The van der Waals surface area contributed by atoms with E-state index in [1.165, 1.54) is 11.1 Å². The quantitative estimate of drug-likeness (QED) is 0.197. The average molecular weight is 602 g/mol. The van der Waals surface area contributed by atoms with Gasteiger partial charge in [-0.15, -0.1) is 0 Å². The molecule has 0 spiro atoms. The smallest absolute Gasteiger partial charge is 0.167 e. The van der Waals surface area contributed by atoms with Gasteiger partial charge in [-0.2, -0.15) is 0 Å². The second-order valence-electron chi connectivity index (χ2n) is 11.6. The maximum Gasteiger partial charge on any atom is 0.167 e. The molecule has 47 heavy (non-hydrogen) atoms. The molecule has 0 N–H and O–H groups in total. The van der Waals surface area contributed by atoms with E-state index in [2.05, 4.69) is 121 Å². The molecule has 7 aromatic carbocycles. The van der Waals surface area contributed by atoms with Crippen molar-refractivity contribution in [2.45, 2.75) is 0 Å². The lowest BCUT2D eigenvalue weighted by atomic mass is 9.94. The third-order valence-corrected chi connectivity index (χ3v) is 8.76. The van der Waals surface area contributed by atoms with E-state index in [4.69, 9.17) is 19.4 Å². The Morgan fingerprint density at radius 2 is 0.851 bits per heavy atom. The fourth-order valence-corrected chi connectivity index (χ4v) is 6.50. The summed E-state index contributed by atoms with van der Waals surface area (Å²) in [4.78, 5) is 15.4. The molecule has 0 saturated carbocycles. The monoisotopic (exact) mass is 601 g/mol. The van der Waals surface area contributed by atoms with Crippen LogP contribution in [-0.4, -0.2) is 15.0 Å². The van der Waals surface area contributed by atoms with Crippen LogP contribution < -0.4 is 0 Å². The molecule has 4 heteroatoms. The minimum Gasteiger partial charge on any atom is -0.455 e. The van der Waals surface area contributed by atoms with Gasteiger partial charge in [0.25, 0.3) is 0 Å². The molecule has 9 rings (SSSR count). The van der Waals surface area contributed by atoms with E-state index in [0.717, 1.165) is 60.5 Å². The molecule has 9 aromatic rings. The highest BCUT2D eigenvalue weighted by molar-refractivity contribution is 6.09. The highest BCUT2D eigenvalue weighted by atomic mass is 16.3. The number of hydrogen-bond acceptors (Lipinski definition) is 4. The molecule has 4 nitrogen and oxygen atoms in total. The van der Waals surface area contributed by atoms with Crippen molar-refractivity contribution in [2.75, 3.05) is 0 Å². The molecule has 0 unspecified atom stereocenters. The van der Waals surface area contributed by atoms with E-state index >= 15 is 0 Å². The zero-order chi connectivity index (χ0) is 31.2. The SMILES string of the molecule is c1ccc(-c2cccc(-c3nc(-c4ccc(-c5ccccc5)c5ccccc45)nc(-c4cccc5c4oc4ccccc45)n3)c2)cc1. The molecular formula is C43H27N3O. The molecule has 0 aliphatic heterocycles. The lowest BCUT2D eigenvalue weighted by Crippen LogP contribution is -2.01. The van der Waals surface area contributed by atoms with Gasteiger partial charge in [0.2, 0.25) is 0 Å². The Morgan fingerprint density at radius 3 is 1.64 bits per heavy atom. The van der Waals surface area contributed by atoms with Crippen LogP contribution in [0.2, 0.25) is 0 Å². The molecule has 0 atom stereocenters. The summed E-state index contributed by atoms with van der Waals surface area (Å²) in [5.74, 6) is 1.78. The fraction of sp³-hybridized carbons (Fsp3) is 0. The van der Waals surface area contributed by atoms with E-state index in [-0.39, 0.29) is 0 Å². The summed E-state index contributed by atoms with van der Waals surface area (Å²) in [6.45, 7) is 0. The Balaban J connectivity index is 1.29. The normalized spacial score (nSPS) is 11.4. The lowest BCUT2D eigenvalue weighted by Gasteiger charge is -2.13. The first-order valence-corrected chi connectivity index (χ1v) is 15.7. The van der Waals surface area contributed by atoms with Crippen LogP contribution in [0.5, 0.6) is 0 Å². The number of nitrogens with zero attached hydrogens (tertiary/aromatic N) is 3. The maximum absolute atomic E-state index is 6.44. The lowest BCUT2D eigenvalue weighted by molar-refractivity contribution is 0.669. The van der Waals surface area contributed by atoms with E-state index in [0.29, 0.717) is 17.5 Å². The molecule has 0 aliphatic rings. The highest BCUT2D eigenvalue weighted by Crippen LogP contribution is 2.38. The molecule has 0 fully saturated rings. The molecule has 0 bridgehead atoms. The summed E-state index contributed by atoms with van der Waals surface area (Å²) in [6.07, 6.45) is 0. The third-order valence-electron chi connectivity index (χ3n) is 8.76. The first kappa shape index (κ1) is 27.0. The molecule has 0 radical (unpaired) electrons. The predicted molar refractivity (Wildman–Crippen MR) is 192 cm³/mol. The number of aromatic nitrogens is 3. The van der Waals surface area contributed by atoms with Crippen molar-refractivity contribution >= 4 is 32.7 Å². The van der Waals surface area contributed by atoms with E-state index in [1.807, 2.05) is 42.5 Å². The Morgan fingerprint density at radius 1 is 0.319 bits per heavy atom. The van der Waals surface area contributed by atoms with Gasteiger partial charge in [-0.05, 0) is 57.3 Å². The molecule has 220 valence electrons. The van der Waals surface area contributed by atoms with Gasteiger partial charge < -0.3 is 4.42 Å². The standard InChI is InChI=1S/C43H27N3O/c1-3-13-28(14-4-1)30-17-11-18-31(27-30)41-44-42(37-26-25-32(29-15-5-2-6-16-29)33-19-7-8-20-34(33)37)46-43(45-41)38-23-12-22-36-35-21-9-10-24-39(35)47-40(36)38/h1-27H. The van der Waals surface area contributed by atoms with E-state index in [9.17, 15) is 0 Å². The predicted octanol–water partition coefficient (Wildman–Crippen LogP) is 11.3. The van der Waals surface area contributed by atoms with E-state index < -0.39 is 0 Å². The molecule has 0 saturated heterocycles. The van der Waals surface area contributed by atoms with Gasteiger partial charge in [0.05, 0.1) is 5.56 Å². The molecule has 2 heterocycles. The van der Waals surface area contributed by atoms with Crippen LogP contribution in [0.1, 0.15) is 0 Å². The Bertz CT molecular complexity index is 2570. The minimum atomic E-state index is 0.566. The van der Waals surface area contributed by atoms with Crippen LogP contribution in [-0.2, 0) is 0 Å². The van der Waals surface area contributed by atoms with Crippen LogP contribution in [0.4, 0.5) is 0 Å². The highest BCUT2D eigenvalue weighted by Gasteiger charge is 2.19. The van der Waals surface area contributed by atoms with Gasteiger partial charge in [0, 0.05) is 21.9 Å². The summed E-state index contributed by atoms with van der Waals surface area (Å²) in [6, 6.07) is 56.3. The van der Waals surface area contributed by atoms with E-state index in [1.54, 1.807) is 0 Å². The summed E-state index contributed by atoms with van der Waals surface area (Å²) in [5, 5.41) is 4.32. The molecule has 0 amide bonds. The number of fused-ring (bicyclic) bond motifs is 4. The van der Waals surface area contributed by atoms with Crippen LogP contribution in [0.15, 0.2) is 168 Å². The first-order valence-electron chi connectivity index (χ1n) is 15.7. The van der Waals surface area contributed by atoms with Crippen LogP contribution >= 0.6 is 0 Å². The maximum atomic E-state index is 6.44. The van der Waals surface area contributed by atoms with Gasteiger partial charge >= 0.3 is 0 Å². The Kier molecular flexibility index (Phi) is 6.43. The molecule has 0 aliphatic carbocycles. The first-order chi connectivity index (χ1) is 23.3. The molecule has 2 aromatic heterocycles. The van der Waals surface area contributed by atoms with Crippen molar-refractivity contribution < 1.29 is 4.42 Å². The minimum absolute atomic E-state index is 0.566. The van der Waals surface area contributed by atoms with Gasteiger partial charge in [-0.25, -0.2) is 15.0 Å². The van der Waals surface area contributed by atoms with Crippen molar-refractivity contribution in [1.29, 1.82) is 0 Å². The zero-order valence-corrected chi connectivity index (χ0v) is 25.3. The van der Waals surface area contributed by atoms with Crippen molar-refractivity contribution in [1.82, 2.24) is 15.0 Å². The van der Waals surface area contributed by atoms with Crippen molar-refractivity contribution in [2.24, 2.45) is 0 Å². The second kappa shape index (κ2) is 11.2. The summed E-state index contributed by atoms with van der Waals surface area (Å²) in [5.41, 5.74) is 8.86. The third kappa shape index (κ3) is 4.75. The number of furan rings is 1. The van der Waals surface area contributed by atoms with Crippen molar-refractivity contribution in [3.8, 4) is 56.4 Å². The van der Waals surface area contributed by atoms with Gasteiger partial charge in [0.15, 0.2) is 17.5 Å². The van der Waals surface area contributed by atoms with Crippen molar-refractivity contribution in [3.63, 3.8) is 0 Å². The van der Waals surface area contributed by atoms with Gasteiger partial charge in [-0.3, -0.25) is 0 Å². The Labute approximate surface area is 271 Å². The number of para-hydroxylation sites is 2. The second-order valence-corrected chi connectivity index (χ2v) is 11.6. The zero-order valence-electron chi connectivity index (χ0n) is 25.3. The van der Waals surface area contributed by atoms with Gasteiger partial charge in [0.1, 0.15) is 11.2 Å². The largest absolute Gasteiger partial charge is 0.455 e. The number of hydrogen-bond donors (Lipinski definition) is 0. The summed E-state index contributed by atoms with van der Waals surface area (Å²) >= 11 is 0. The average Bonchev–Trinajstić information content (AvgIpc) is 3.54.